The lowest BCUT2D eigenvalue weighted by Gasteiger charge is -2.22. The van der Waals surface area contributed by atoms with E-state index >= 15 is 0 Å². The smallest absolute Gasteiger partial charge is 0.326 e. The van der Waals surface area contributed by atoms with Crippen LogP contribution < -0.4 is 0 Å². The van der Waals surface area contributed by atoms with Gasteiger partial charge in [0.25, 0.3) is 5.91 Å². The van der Waals surface area contributed by atoms with E-state index in [1.165, 1.54) is 10.5 Å². The number of hydrogen-bond acceptors (Lipinski definition) is 3. The first-order chi connectivity index (χ1) is 11.1. The van der Waals surface area contributed by atoms with Crippen LogP contribution in [0.15, 0.2) is 24.3 Å². The van der Waals surface area contributed by atoms with Gasteiger partial charge in [-0.2, -0.15) is 0 Å². The first-order valence-electron chi connectivity index (χ1n) is 8.41. The van der Waals surface area contributed by atoms with Crippen molar-refractivity contribution in [3.05, 3.63) is 35.4 Å². The summed E-state index contributed by atoms with van der Waals surface area (Å²) >= 11 is 0. The van der Waals surface area contributed by atoms with Gasteiger partial charge in [0.1, 0.15) is 6.04 Å². The minimum absolute atomic E-state index is 0.178. The highest BCUT2D eigenvalue weighted by Crippen LogP contribution is 2.20. The number of rotatable bonds is 7. The van der Waals surface area contributed by atoms with Crippen LogP contribution in [0.5, 0.6) is 0 Å². The molecule has 5 nitrogen and oxygen atoms in total. The molecule has 0 spiro atoms. The summed E-state index contributed by atoms with van der Waals surface area (Å²) in [6.07, 6.45) is 2.42. The van der Waals surface area contributed by atoms with E-state index in [0.29, 0.717) is 18.5 Å². The number of carboxylic acids is 1. The molecule has 1 aliphatic rings. The number of carbonyl (C=O) groups is 2. The van der Waals surface area contributed by atoms with Crippen molar-refractivity contribution in [2.24, 2.45) is 0 Å². The Hall–Kier alpha value is -1.88. The lowest BCUT2D eigenvalue weighted by molar-refractivity contribution is -0.141. The van der Waals surface area contributed by atoms with Gasteiger partial charge in [-0.05, 0) is 50.0 Å². The number of likely N-dealkylation sites (tertiary alicyclic amines) is 1. The van der Waals surface area contributed by atoms with Crippen LogP contribution in [0.2, 0.25) is 0 Å². The van der Waals surface area contributed by atoms with Crippen molar-refractivity contribution in [2.75, 3.05) is 19.6 Å². The number of carboxylic acid groups (broad SMARTS) is 1. The monoisotopic (exact) mass is 318 g/mol. The van der Waals surface area contributed by atoms with Gasteiger partial charge < -0.3 is 10.0 Å². The number of hydrogen-bond donors (Lipinski definition) is 1. The van der Waals surface area contributed by atoms with Crippen LogP contribution in [0.3, 0.4) is 0 Å². The van der Waals surface area contributed by atoms with Gasteiger partial charge in [0.2, 0.25) is 0 Å². The topological polar surface area (TPSA) is 60.9 Å². The summed E-state index contributed by atoms with van der Waals surface area (Å²) in [5, 5.41) is 9.20. The predicted molar refractivity (Wildman–Crippen MR) is 89.4 cm³/mol. The Morgan fingerprint density at radius 2 is 1.96 bits per heavy atom. The third kappa shape index (κ3) is 4.32. The van der Waals surface area contributed by atoms with Crippen molar-refractivity contribution >= 4 is 11.9 Å². The molecule has 23 heavy (non-hydrogen) atoms. The molecular weight excluding hydrogens is 292 g/mol. The third-order valence-corrected chi connectivity index (χ3v) is 4.39. The second kappa shape index (κ2) is 8.11. The van der Waals surface area contributed by atoms with E-state index < -0.39 is 12.0 Å². The third-order valence-electron chi connectivity index (χ3n) is 4.39. The number of benzene rings is 1. The molecule has 1 aromatic rings. The maximum atomic E-state index is 12.5. The number of nitrogens with zero attached hydrogens (tertiary/aromatic N) is 2. The largest absolute Gasteiger partial charge is 0.480 e. The summed E-state index contributed by atoms with van der Waals surface area (Å²) in [7, 11) is 0. The Kier molecular flexibility index (Phi) is 6.16. The lowest BCUT2D eigenvalue weighted by Crippen LogP contribution is -2.40. The quantitative estimate of drug-likeness (QED) is 0.839. The summed E-state index contributed by atoms with van der Waals surface area (Å²) in [5.74, 6) is -1.09. The molecule has 0 saturated carbocycles. The van der Waals surface area contributed by atoms with Crippen LogP contribution in [0.25, 0.3) is 0 Å². The van der Waals surface area contributed by atoms with Gasteiger partial charge in [-0.15, -0.1) is 0 Å². The fourth-order valence-corrected chi connectivity index (χ4v) is 3.11. The average molecular weight is 318 g/mol. The van der Waals surface area contributed by atoms with E-state index in [1.807, 2.05) is 24.3 Å². The second-order valence-electron chi connectivity index (χ2n) is 6.06. The van der Waals surface area contributed by atoms with Crippen molar-refractivity contribution in [1.29, 1.82) is 0 Å². The van der Waals surface area contributed by atoms with E-state index in [2.05, 4.69) is 18.7 Å². The van der Waals surface area contributed by atoms with Crippen LogP contribution >= 0.6 is 0 Å². The van der Waals surface area contributed by atoms with Gasteiger partial charge in [-0.3, -0.25) is 9.69 Å². The minimum atomic E-state index is -0.911. The van der Waals surface area contributed by atoms with Crippen LogP contribution in [0.4, 0.5) is 0 Å². The minimum Gasteiger partial charge on any atom is -0.480 e. The molecule has 0 bridgehead atoms. The van der Waals surface area contributed by atoms with Gasteiger partial charge in [-0.1, -0.05) is 26.0 Å². The van der Waals surface area contributed by atoms with Crippen molar-refractivity contribution in [3.8, 4) is 0 Å². The van der Waals surface area contributed by atoms with Crippen molar-refractivity contribution in [3.63, 3.8) is 0 Å². The Morgan fingerprint density at radius 1 is 1.26 bits per heavy atom. The zero-order valence-corrected chi connectivity index (χ0v) is 14.0. The van der Waals surface area contributed by atoms with E-state index in [0.717, 1.165) is 32.5 Å². The molecule has 1 amide bonds. The highest BCUT2D eigenvalue weighted by molar-refractivity contribution is 5.97. The standard InChI is InChI=1S/C18H26N2O3/c1-3-11-19(4-2)13-14-7-9-15(10-8-14)17(21)20-12-5-6-16(20)18(22)23/h7-10,16H,3-6,11-13H2,1-2H3,(H,22,23)/t16-/m0/s1. The molecule has 1 atom stereocenters. The molecule has 2 rings (SSSR count). The average Bonchev–Trinajstić information content (AvgIpc) is 3.04. The maximum absolute atomic E-state index is 12.5. The molecule has 1 aliphatic heterocycles. The van der Waals surface area contributed by atoms with E-state index in [4.69, 9.17) is 0 Å². The fourth-order valence-electron chi connectivity index (χ4n) is 3.11. The second-order valence-corrected chi connectivity index (χ2v) is 6.06. The lowest BCUT2D eigenvalue weighted by atomic mass is 10.1. The van der Waals surface area contributed by atoms with Gasteiger partial charge in [-0.25, -0.2) is 4.79 Å². The normalized spacial score (nSPS) is 17.7. The molecule has 126 valence electrons. The Labute approximate surface area is 137 Å². The summed E-state index contributed by atoms with van der Waals surface area (Å²) in [6.45, 7) is 7.78. The molecule has 1 aromatic carbocycles. The zero-order valence-electron chi connectivity index (χ0n) is 14.0. The number of amides is 1. The molecule has 0 radical (unpaired) electrons. The summed E-state index contributed by atoms with van der Waals surface area (Å²) in [5.41, 5.74) is 1.74. The first kappa shape index (κ1) is 17.5. The van der Waals surface area contributed by atoms with E-state index in [9.17, 15) is 14.7 Å². The van der Waals surface area contributed by atoms with Gasteiger partial charge in [0.05, 0.1) is 0 Å². The van der Waals surface area contributed by atoms with Crippen LogP contribution in [-0.2, 0) is 11.3 Å². The zero-order chi connectivity index (χ0) is 16.8. The molecule has 5 heteroatoms. The van der Waals surface area contributed by atoms with E-state index in [1.54, 1.807) is 0 Å². The van der Waals surface area contributed by atoms with Crippen molar-refractivity contribution < 1.29 is 14.7 Å². The molecule has 1 saturated heterocycles. The Morgan fingerprint density at radius 3 is 2.52 bits per heavy atom. The molecular formula is C18H26N2O3. The van der Waals surface area contributed by atoms with Crippen LogP contribution in [0.1, 0.15) is 49.0 Å². The van der Waals surface area contributed by atoms with Gasteiger partial charge in [0.15, 0.2) is 0 Å². The number of carbonyl (C=O) groups excluding carboxylic acids is 1. The maximum Gasteiger partial charge on any atom is 0.326 e. The van der Waals surface area contributed by atoms with Gasteiger partial charge >= 0.3 is 5.97 Å². The molecule has 0 aliphatic carbocycles. The van der Waals surface area contributed by atoms with Crippen molar-refractivity contribution in [2.45, 2.75) is 45.7 Å². The van der Waals surface area contributed by atoms with E-state index in [-0.39, 0.29) is 5.91 Å². The number of aliphatic carboxylic acids is 1. The van der Waals surface area contributed by atoms with Crippen LogP contribution in [-0.4, -0.2) is 52.5 Å². The molecule has 1 heterocycles. The molecule has 1 fully saturated rings. The summed E-state index contributed by atoms with van der Waals surface area (Å²) in [4.78, 5) is 27.6. The SMILES string of the molecule is CCCN(CC)Cc1ccc(C(=O)N2CCC[C@H]2C(=O)O)cc1. The molecule has 0 unspecified atom stereocenters. The molecule has 0 aromatic heterocycles. The highest BCUT2D eigenvalue weighted by atomic mass is 16.4. The van der Waals surface area contributed by atoms with Gasteiger partial charge in [0, 0.05) is 18.7 Å². The first-order valence-corrected chi connectivity index (χ1v) is 8.41. The fraction of sp³-hybridized carbons (Fsp3) is 0.556. The van der Waals surface area contributed by atoms with Crippen molar-refractivity contribution in [1.82, 2.24) is 9.80 Å². The Bertz CT molecular complexity index is 542. The predicted octanol–water partition coefficient (Wildman–Crippen LogP) is 2.61. The summed E-state index contributed by atoms with van der Waals surface area (Å²) in [6, 6.07) is 6.89. The van der Waals surface area contributed by atoms with Crippen LogP contribution in [0, 0.1) is 0 Å². The summed E-state index contributed by atoms with van der Waals surface area (Å²) < 4.78 is 0. The highest BCUT2D eigenvalue weighted by Gasteiger charge is 2.34. The molecule has 1 N–H and O–H groups in total. The Balaban J connectivity index is 2.04.